The van der Waals surface area contributed by atoms with Gasteiger partial charge in [0.1, 0.15) is 11.5 Å². The molecule has 21 heavy (non-hydrogen) atoms. The van der Waals surface area contributed by atoms with Crippen molar-refractivity contribution in [2.24, 2.45) is 11.7 Å². The van der Waals surface area contributed by atoms with Crippen LogP contribution in [0.3, 0.4) is 0 Å². The monoisotopic (exact) mass is 289 g/mol. The molecule has 2 heterocycles. The maximum atomic E-state index is 6.51. The summed E-state index contributed by atoms with van der Waals surface area (Å²) >= 11 is 0. The Kier molecular flexibility index (Phi) is 3.40. The molecule has 0 aliphatic heterocycles. The lowest BCUT2D eigenvalue weighted by atomic mass is 9.77. The molecule has 0 radical (unpaired) electrons. The number of rotatable bonds is 2. The smallest absolute Gasteiger partial charge is 0.261 e. The Labute approximate surface area is 124 Å². The summed E-state index contributed by atoms with van der Waals surface area (Å²) in [4.78, 5) is 4.57. The van der Waals surface area contributed by atoms with Crippen LogP contribution in [0.15, 0.2) is 8.94 Å². The van der Waals surface area contributed by atoms with E-state index >= 15 is 0 Å². The van der Waals surface area contributed by atoms with Gasteiger partial charge in [0.05, 0.1) is 11.1 Å². The highest BCUT2D eigenvalue weighted by Gasteiger charge is 2.36. The van der Waals surface area contributed by atoms with Crippen LogP contribution in [0.5, 0.6) is 0 Å². The average Bonchev–Trinajstić information content (AvgIpc) is 3.00. The predicted molar refractivity (Wildman–Crippen MR) is 79.7 cm³/mol. The quantitative estimate of drug-likeness (QED) is 0.913. The summed E-state index contributed by atoms with van der Waals surface area (Å²) in [7, 11) is 0. The molecule has 5 heteroatoms. The maximum Gasteiger partial charge on any atom is 0.261 e. The van der Waals surface area contributed by atoms with E-state index in [1.807, 2.05) is 20.8 Å². The molecule has 3 rings (SSSR count). The number of nitrogens with zero attached hydrogens (tertiary/aromatic N) is 2. The van der Waals surface area contributed by atoms with Gasteiger partial charge in [0.2, 0.25) is 0 Å². The van der Waals surface area contributed by atoms with E-state index in [4.69, 9.17) is 14.7 Å². The van der Waals surface area contributed by atoms with E-state index in [2.05, 4.69) is 17.1 Å². The highest BCUT2D eigenvalue weighted by molar-refractivity contribution is 5.61. The van der Waals surface area contributed by atoms with Crippen molar-refractivity contribution in [2.75, 3.05) is 0 Å². The Morgan fingerprint density at radius 2 is 1.81 bits per heavy atom. The Bertz CT molecular complexity index is 649. The average molecular weight is 289 g/mol. The number of hydrogen-bond donors (Lipinski definition) is 1. The third kappa shape index (κ3) is 2.39. The summed E-state index contributed by atoms with van der Waals surface area (Å²) in [5, 5.41) is 4.15. The number of nitrogens with two attached hydrogens (primary N) is 1. The van der Waals surface area contributed by atoms with Crippen LogP contribution in [0.2, 0.25) is 0 Å². The first kappa shape index (κ1) is 14.3. The second-order valence-corrected chi connectivity index (χ2v) is 6.48. The van der Waals surface area contributed by atoms with E-state index in [9.17, 15) is 0 Å². The van der Waals surface area contributed by atoms with Gasteiger partial charge in [0.15, 0.2) is 5.82 Å². The molecule has 0 atom stereocenters. The van der Waals surface area contributed by atoms with Crippen LogP contribution in [0.1, 0.15) is 55.5 Å². The van der Waals surface area contributed by atoms with Crippen LogP contribution < -0.4 is 5.73 Å². The van der Waals surface area contributed by atoms with Gasteiger partial charge in [-0.25, -0.2) is 0 Å². The molecule has 2 aromatic rings. The Morgan fingerprint density at radius 1 is 1.14 bits per heavy atom. The second kappa shape index (κ2) is 4.98. The van der Waals surface area contributed by atoms with E-state index in [1.165, 1.54) is 0 Å². The molecule has 0 spiro atoms. The van der Waals surface area contributed by atoms with Gasteiger partial charge in [-0.2, -0.15) is 4.98 Å². The van der Waals surface area contributed by atoms with Gasteiger partial charge in [0, 0.05) is 5.56 Å². The molecule has 0 amide bonds. The fourth-order valence-corrected chi connectivity index (χ4v) is 3.14. The van der Waals surface area contributed by atoms with Crippen molar-refractivity contribution >= 4 is 0 Å². The number of hydrogen-bond acceptors (Lipinski definition) is 5. The molecule has 1 saturated carbocycles. The van der Waals surface area contributed by atoms with Crippen LogP contribution in [-0.2, 0) is 5.54 Å². The summed E-state index contributed by atoms with van der Waals surface area (Å²) in [5.41, 5.74) is 8.01. The van der Waals surface area contributed by atoms with Gasteiger partial charge in [-0.15, -0.1) is 0 Å². The second-order valence-electron chi connectivity index (χ2n) is 6.48. The molecule has 2 aromatic heterocycles. The van der Waals surface area contributed by atoms with E-state index < -0.39 is 5.54 Å². The fourth-order valence-electron chi connectivity index (χ4n) is 3.14. The van der Waals surface area contributed by atoms with Gasteiger partial charge >= 0.3 is 0 Å². The Balaban J connectivity index is 1.93. The molecule has 0 saturated heterocycles. The Morgan fingerprint density at radius 3 is 2.38 bits per heavy atom. The molecular weight excluding hydrogens is 266 g/mol. The lowest BCUT2D eigenvalue weighted by Crippen LogP contribution is -2.41. The molecule has 2 N–H and O–H groups in total. The van der Waals surface area contributed by atoms with Crippen molar-refractivity contribution in [2.45, 2.75) is 58.9 Å². The highest BCUT2D eigenvalue weighted by Crippen LogP contribution is 2.37. The van der Waals surface area contributed by atoms with Crippen LogP contribution in [0.4, 0.5) is 0 Å². The topological polar surface area (TPSA) is 78.1 Å². The van der Waals surface area contributed by atoms with Crippen molar-refractivity contribution in [1.29, 1.82) is 0 Å². The standard InChI is InChI=1S/C16H23N3O2/c1-9-5-7-16(17,8-6-9)15-18-14(21-19-15)13-10(2)11(3)20-12(13)4/h9H,5-8,17H2,1-4H3. The largest absolute Gasteiger partial charge is 0.466 e. The number of aromatic nitrogens is 2. The molecule has 1 aliphatic carbocycles. The zero-order valence-electron chi connectivity index (χ0n) is 13.2. The minimum Gasteiger partial charge on any atom is -0.466 e. The number of furan rings is 1. The summed E-state index contributed by atoms with van der Waals surface area (Å²) in [6.45, 7) is 8.13. The van der Waals surface area contributed by atoms with Crippen molar-refractivity contribution in [1.82, 2.24) is 10.1 Å². The molecule has 0 unspecified atom stereocenters. The third-order valence-corrected chi connectivity index (χ3v) is 4.81. The van der Waals surface area contributed by atoms with Gasteiger partial charge in [-0.05, 0) is 52.4 Å². The predicted octanol–water partition coefficient (Wildman–Crippen LogP) is 3.62. The summed E-state index contributed by atoms with van der Waals surface area (Å²) in [5.74, 6) is 3.57. The van der Waals surface area contributed by atoms with Gasteiger partial charge in [-0.1, -0.05) is 12.1 Å². The lowest BCUT2D eigenvalue weighted by Gasteiger charge is -2.33. The molecular formula is C16H23N3O2. The van der Waals surface area contributed by atoms with Gasteiger partial charge < -0.3 is 14.7 Å². The minimum absolute atomic E-state index is 0.450. The van der Waals surface area contributed by atoms with E-state index in [0.29, 0.717) is 11.7 Å². The number of aryl methyl sites for hydroxylation is 2. The fraction of sp³-hybridized carbons (Fsp3) is 0.625. The molecule has 5 nitrogen and oxygen atoms in total. The highest BCUT2D eigenvalue weighted by atomic mass is 16.5. The lowest BCUT2D eigenvalue weighted by molar-refractivity contribution is 0.230. The molecule has 1 fully saturated rings. The Hall–Kier alpha value is -1.62. The normalized spacial score (nSPS) is 26.2. The van der Waals surface area contributed by atoms with Crippen LogP contribution in [0, 0.1) is 26.7 Å². The van der Waals surface area contributed by atoms with Gasteiger partial charge in [-0.3, -0.25) is 0 Å². The van der Waals surface area contributed by atoms with E-state index in [1.54, 1.807) is 0 Å². The van der Waals surface area contributed by atoms with E-state index in [0.717, 1.165) is 54.2 Å². The molecule has 1 aliphatic rings. The first-order valence-corrected chi connectivity index (χ1v) is 7.61. The molecule has 0 aromatic carbocycles. The first-order valence-electron chi connectivity index (χ1n) is 7.61. The van der Waals surface area contributed by atoms with Crippen molar-refractivity contribution in [3.8, 4) is 11.5 Å². The SMILES string of the molecule is Cc1oc(C)c(-c2nc(C3(N)CCC(C)CC3)no2)c1C. The van der Waals surface area contributed by atoms with Gasteiger partial charge in [0.25, 0.3) is 5.89 Å². The molecule has 0 bridgehead atoms. The minimum atomic E-state index is -0.450. The zero-order valence-corrected chi connectivity index (χ0v) is 13.2. The van der Waals surface area contributed by atoms with Crippen LogP contribution in [-0.4, -0.2) is 10.1 Å². The summed E-state index contributed by atoms with van der Waals surface area (Å²) in [6, 6.07) is 0. The zero-order chi connectivity index (χ0) is 15.2. The maximum absolute atomic E-state index is 6.51. The van der Waals surface area contributed by atoms with E-state index in [-0.39, 0.29) is 0 Å². The first-order chi connectivity index (χ1) is 9.90. The summed E-state index contributed by atoms with van der Waals surface area (Å²) in [6.07, 6.45) is 4.05. The van der Waals surface area contributed by atoms with Crippen LogP contribution >= 0.6 is 0 Å². The van der Waals surface area contributed by atoms with Crippen molar-refractivity contribution in [3.05, 3.63) is 22.9 Å². The summed E-state index contributed by atoms with van der Waals surface area (Å²) < 4.78 is 11.1. The third-order valence-electron chi connectivity index (χ3n) is 4.81. The van der Waals surface area contributed by atoms with Crippen molar-refractivity contribution in [3.63, 3.8) is 0 Å². The molecule has 114 valence electrons. The van der Waals surface area contributed by atoms with Crippen molar-refractivity contribution < 1.29 is 8.94 Å². The van der Waals surface area contributed by atoms with Crippen LogP contribution in [0.25, 0.3) is 11.5 Å².